The third-order valence-corrected chi connectivity index (χ3v) is 4.43. The number of halogens is 1. The minimum atomic E-state index is 0.728. The second-order valence-electron chi connectivity index (χ2n) is 4.91. The quantitative estimate of drug-likeness (QED) is 0.644. The molecule has 0 bridgehead atoms. The summed E-state index contributed by atoms with van der Waals surface area (Å²) < 4.78 is 4.10. The monoisotopic (exact) mass is 332 g/mol. The highest BCUT2D eigenvalue weighted by Crippen LogP contribution is 2.34. The van der Waals surface area contributed by atoms with Crippen LogP contribution in [0.4, 0.5) is 0 Å². The number of hydrogen-bond donors (Lipinski definition) is 0. The zero-order valence-corrected chi connectivity index (χ0v) is 14.1. The van der Waals surface area contributed by atoms with E-state index in [9.17, 15) is 0 Å². The predicted molar refractivity (Wildman–Crippen MR) is 91.9 cm³/mol. The van der Waals surface area contributed by atoms with Crippen molar-refractivity contribution in [2.75, 3.05) is 6.26 Å². The van der Waals surface area contributed by atoms with Crippen molar-refractivity contribution in [1.29, 1.82) is 0 Å². The van der Waals surface area contributed by atoms with Crippen LogP contribution in [-0.2, 0) is 6.54 Å². The highest BCUT2D eigenvalue weighted by atomic mass is 35.5. The van der Waals surface area contributed by atoms with Gasteiger partial charge in [0, 0.05) is 29.5 Å². The van der Waals surface area contributed by atoms with Crippen LogP contribution in [0.25, 0.3) is 16.9 Å². The van der Waals surface area contributed by atoms with E-state index in [0.29, 0.717) is 0 Å². The largest absolute Gasteiger partial charge is 0.302 e. The van der Waals surface area contributed by atoms with E-state index in [1.165, 1.54) is 0 Å². The van der Waals surface area contributed by atoms with Gasteiger partial charge in [-0.3, -0.25) is 4.68 Å². The van der Waals surface area contributed by atoms with Crippen molar-refractivity contribution in [1.82, 2.24) is 19.3 Å². The summed E-state index contributed by atoms with van der Waals surface area (Å²) in [5.41, 5.74) is 3.08. The molecule has 0 spiro atoms. The minimum Gasteiger partial charge on any atom is -0.302 e. The third-order valence-electron chi connectivity index (χ3n) is 3.39. The van der Waals surface area contributed by atoms with Gasteiger partial charge in [0.25, 0.3) is 0 Å². The number of nitrogens with zero attached hydrogens (tertiary/aromatic N) is 4. The van der Waals surface area contributed by atoms with E-state index >= 15 is 0 Å². The van der Waals surface area contributed by atoms with E-state index in [-0.39, 0.29) is 0 Å². The van der Waals surface area contributed by atoms with Gasteiger partial charge in [-0.2, -0.15) is 5.10 Å². The van der Waals surface area contributed by atoms with Crippen molar-refractivity contribution >= 4 is 23.4 Å². The fourth-order valence-corrected chi connectivity index (χ4v) is 3.29. The van der Waals surface area contributed by atoms with Gasteiger partial charge in [-0.15, -0.1) is 11.8 Å². The first kappa shape index (κ1) is 15.2. The molecule has 0 aliphatic rings. The van der Waals surface area contributed by atoms with Crippen molar-refractivity contribution in [2.24, 2.45) is 0 Å². The topological polar surface area (TPSA) is 35.6 Å². The smallest absolute Gasteiger partial charge is 0.119 e. The van der Waals surface area contributed by atoms with E-state index in [1.54, 1.807) is 18.0 Å². The Morgan fingerprint density at radius 3 is 2.59 bits per heavy atom. The van der Waals surface area contributed by atoms with Crippen molar-refractivity contribution in [3.63, 3.8) is 0 Å². The molecular formula is C16H17ClN4S. The lowest BCUT2D eigenvalue weighted by Crippen LogP contribution is -2.01. The molecular weight excluding hydrogens is 316 g/mol. The van der Waals surface area contributed by atoms with E-state index in [0.717, 1.165) is 40.0 Å². The SMILES string of the molecule is CCCn1nc(-c2ccc(Cl)cc2)c(-n2ccnc2)c1SC. The Hall–Kier alpha value is -1.72. The van der Waals surface area contributed by atoms with Gasteiger partial charge >= 0.3 is 0 Å². The molecule has 2 heterocycles. The molecule has 0 unspecified atom stereocenters. The van der Waals surface area contributed by atoms with E-state index in [1.807, 2.05) is 41.4 Å². The first-order chi connectivity index (χ1) is 10.7. The van der Waals surface area contributed by atoms with Crippen LogP contribution in [0.2, 0.25) is 5.02 Å². The van der Waals surface area contributed by atoms with Gasteiger partial charge in [0.15, 0.2) is 0 Å². The molecule has 22 heavy (non-hydrogen) atoms. The molecule has 0 saturated carbocycles. The van der Waals surface area contributed by atoms with E-state index in [4.69, 9.17) is 16.7 Å². The van der Waals surface area contributed by atoms with Crippen molar-refractivity contribution < 1.29 is 0 Å². The zero-order valence-electron chi connectivity index (χ0n) is 12.5. The number of hydrogen-bond acceptors (Lipinski definition) is 3. The van der Waals surface area contributed by atoms with Crippen LogP contribution >= 0.6 is 23.4 Å². The molecule has 2 aromatic heterocycles. The van der Waals surface area contributed by atoms with Crippen molar-refractivity contribution in [3.8, 4) is 16.9 Å². The Labute approximate surface area is 139 Å². The number of benzene rings is 1. The van der Waals surface area contributed by atoms with Crippen molar-refractivity contribution in [2.45, 2.75) is 24.9 Å². The van der Waals surface area contributed by atoms with Gasteiger partial charge in [0.2, 0.25) is 0 Å². The molecule has 0 aliphatic carbocycles. The maximum atomic E-state index is 6.01. The molecule has 114 valence electrons. The van der Waals surface area contributed by atoms with Crippen LogP contribution < -0.4 is 0 Å². The number of aryl methyl sites for hydroxylation is 1. The molecule has 3 aromatic rings. The highest BCUT2D eigenvalue weighted by Gasteiger charge is 2.19. The van der Waals surface area contributed by atoms with E-state index < -0.39 is 0 Å². The molecule has 0 aliphatic heterocycles. The second-order valence-corrected chi connectivity index (χ2v) is 6.14. The van der Waals surface area contributed by atoms with Crippen LogP contribution in [-0.4, -0.2) is 25.6 Å². The molecule has 0 amide bonds. The average molecular weight is 333 g/mol. The molecule has 4 nitrogen and oxygen atoms in total. The molecule has 0 saturated heterocycles. The molecule has 6 heteroatoms. The van der Waals surface area contributed by atoms with Crippen LogP contribution in [0.3, 0.4) is 0 Å². The minimum absolute atomic E-state index is 0.728. The van der Waals surface area contributed by atoms with E-state index in [2.05, 4.69) is 22.8 Å². The van der Waals surface area contributed by atoms with Crippen molar-refractivity contribution in [3.05, 3.63) is 48.0 Å². The van der Waals surface area contributed by atoms with Gasteiger partial charge in [-0.05, 0) is 24.8 Å². The molecule has 0 radical (unpaired) electrons. The summed E-state index contributed by atoms with van der Waals surface area (Å²) in [7, 11) is 0. The lowest BCUT2D eigenvalue weighted by atomic mass is 10.1. The Kier molecular flexibility index (Phi) is 4.55. The lowest BCUT2D eigenvalue weighted by Gasteiger charge is -2.07. The Balaban J connectivity index is 2.21. The van der Waals surface area contributed by atoms with Crippen LogP contribution in [0.1, 0.15) is 13.3 Å². The molecule has 0 fully saturated rings. The van der Waals surface area contributed by atoms with Gasteiger partial charge < -0.3 is 4.57 Å². The normalized spacial score (nSPS) is 11.0. The van der Waals surface area contributed by atoms with Gasteiger partial charge in [-0.1, -0.05) is 30.7 Å². The van der Waals surface area contributed by atoms with Gasteiger partial charge in [0.05, 0.1) is 6.33 Å². The van der Waals surface area contributed by atoms with Gasteiger partial charge in [0.1, 0.15) is 16.4 Å². The summed E-state index contributed by atoms with van der Waals surface area (Å²) in [5, 5.41) is 6.70. The average Bonchev–Trinajstić information content (AvgIpc) is 3.15. The Morgan fingerprint density at radius 1 is 1.23 bits per heavy atom. The maximum Gasteiger partial charge on any atom is 0.119 e. The molecule has 0 atom stereocenters. The number of thioether (sulfide) groups is 1. The number of rotatable bonds is 5. The van der Waals surface area contributed by atoms with Crippen LogP contribution in [0.5, 0.6) is 0 Å². The summed E-state index contributed by atoms with van der Waals surface area (Å²) in [4.78, 5) is 4.17. The predicted octanol–water partition coefficient (Wildman–Crippen LogP) is 4.52. The van der Waals surface area contributed by atoms with Gasteiger partial charge in [-0.25, -0.2) is 4.98 Å². The number of aromatic nitrogens is 4. The summed E-state index contributed by atoms with van der Waals surface area (Å²) in [6.45, 7) is 3.05. The highest BCUT2D eigenvalue weighted by molar-refractivity contribution is 7.98. The lowest BCUT2D eigenvalue weighted by molar-refractivity contribution is 0.559. The Morgan fingerprint density at radius 2 is 2.00 bits per heavy atom. The molecule has 3 rings (SSSR count). The fourth-order valence-electron chi connectivity index (χ4n) is 2.43. The first-order valence-corrected chi connectivity index (χ1v) is 8.74. The summed E-state index contributed by atoms with van der Waals surface area (Å²) in [5.74, 6) is 0. The zero-order chi connectivity index (χ0) is 15.5. The Bertz CT molecular complexity index is 747. The maximum absolute atomic E-state index is 6.01. The van der Waals surface area contributed by atoms with Crippen LogP contribution in [0, 0.1) is 0 Å². The third kappa shape index (κ3) is 2.78. The van der Waals surface area contributed by atoms with Crippen LogP contribution in [0.15, 0.2) is 48.0 Å². The molecule has 1 aromatic carbocycles. The summed E-state index contributed by atoms with van der Waals surface area (Å²) in [6.07, 6.45) is 8.67. The standard InChI is InChI=1S/C16H17ClN4S/c1-3-9-21-16(22-2)15(20-10-8-18-11-20)14(19-21)12-4-6-13(17)7-5-12/h4-8,10-11H,3,9H2,1-2H3. The number of imidazole rings is 1. The summed E-state index contributed by atoms with van der Waals surface area (Å²) in [6, 6.07) is 7.80. The first-order valence-electron chi connectivity index (χ1n) is 7.13. The molecule has 0 N–H and O–H groups in total. The fraction of sp³-hybridized carbons (Fsp3) is 0.250. The second kappa shape index (κ2) is 6.58. The summed E-state index contributed by atoms with van der Waals surface area (Å²) >= 11 is 7.71.